The van der Waals surface area contributed by atoms with Crippen LogP contribution in [0.15, 0.2) is 5.38 Å². The molecule has 1 aromatic heterocycles. The first-order valence-corrected chi connectivity index (χ1v) is 7.98. The Balaban J connectivity index is 1.94. The molecule has 2 rings (SSSR count). The van der Waals surface area contributed by atoms with Crippen molar-refractivity contribution in [2.24, 2.45) is 0 Å². The smallest absolute Gasteiger partial charge is 0.320 e. The third-order valence-electron chi connectivity index (χ3n) is 3.61. The van der Waals surface area contributed by atoms with Crippen molar-refractivity contribution in [3.05, 3.63) is 16.1 Å². The van der Waals surface area contributed by atoms with E-state index in [4.69, 9.17) is 0 Å². The van der Waals surface area contributed by atoms with Crippen LogP contribution >= 0.6 is 11.3 Å². The molecule has 1 saturated heterocycles. The van der Waals surface area contributed by atoms with Gasteiger partial charge in [0.15, 0.2) is 0 Å². The van der Waals surface area contributed by atoms with Gasteiger partial charge in [-0.1, -0.05) is 19.8 Å². The second-order valence-electron chi connectivity index (χ2n) is 5.16. The Labute approximate surface area is 118 Å². The van der Waals surface area contributed by atoms with E-state index < -0.39 is 5.97 Å². The Morgan fingerprint density at radius 2 is 2.42 bits per heavy atom. The van der Waals surface area contributed by atoms with E-state index in [-0.39, 0.29) is 6.04 Å². The van der Waals surface area contributed by atoms with Gasteiger partial charge in [0.05, 0.1) is 10.7 Å². The number of aromatic nitrogens is 1. The molecule has 1 fully saturated rings. The predicted octanol–water partition coefficient (Wildman–Crippen LogP) is 2.92. The van der Waals surface area contributed by atoms with Crippen molar-refractivity contribution in [2.75, 3.05) is 6.54 Å². The number of nitrogens with zero attached hydrogens (tertiary/aromatic N) is 2. The van der Waals surface area contributed by atoms with E-state index in [9.17, 15) is 9.90 Å². The van der Waals surface area contributed by atoms with Crippen LogP contribution < -0.4 is 0 Å². The summed E-state index contributed by atoms with van der Waals surface area (Å²) in [5.74, 6) is -0.693. The van der Waals surface area contributed by atoms with Gasteiger partial charge in [0.1, 0.15) is 6.04 Å². The number of piperidine rings is 1. The van der Waals surface area contributed by atoms with Gasteiger partial charge in [-0.3, -0.25) is 9.69 Å². The molecule has 0 aliphatic carbocycles. The third kappa shape index (κ3) is 4.01. The summed E-state index contributed by atoms with van der Waals surface area (Å²) in [7, 11) is 0. The van der Waals surface area contributed by atoms with E-state index in [1.165, 1.54) is 17.8 Å². The zero-order valence-corrected chi connectivity index (χ0v) is 12.3. The average Bonchev–Trinajstić information content (AvgIpc) is 2.84. The summed E-state index contributed by atoms with van der Waals surface area (Å²) in [5, 5.41) is 12.5. The van der Waals surface area contributed by atoms with Crippen LogP contribution in [0.5, 0.6) is 0 Å². The van der Waals surface area contributed by atoms with Gasteiger partial charge in [-0.2, -0.15) is 0 Å². The summed E-state index contributed by atoms with van der Waals surface area (Å²) >= 11 is 1.70. The lowest BCUT2D eigenvalue weighted by atomic mass is 10.0. The number of unbranched alkanes of at least 4 members (excludes halogenated alkanes) is 1. The summed E-state index contributed by atoms with van der Waals surface area (Å²) in [5.41, 5.74) is 1.03. The van der Waals surface area contributed by atoms with Crippen molar-refractivity contribution in [1.82, 2.24) is 9.88 Å². The van der Waals surface area contributed by atoms with Gasteiger partial charge in [0.25, 0.3) is 0 Å². The molecule has 106 valence electrons. The van der Waals surface area contributed by atoms with Crippen LogP contribution in [0.4, 0.5) is 0 Å². The lowest BCUT2D eigenvalue weighted by Crippen LogP contribution is -2.44. The Kier molecular flexibility index (Phi) is 5.34. The van der Waals surface area contributed by atoms with Crippen molar-refractivity contribution in [2.45, 2.75) is 58.0 Å². The molecule has 0 aromatic carbocycles. The van der Waals surface area contributed by atoms with Gasteiger partial charge < -0.3 is 5.11 Å². The molecule has 5 heteroatoms. The fraction of sp³-hybridized carbons (Fsp3) is 0.714. The van der Waals surface area contributed by atoms with Crippen LogP contribution in [0.25, 0.3) is 0 Å². The van der Waals surface area contributed by atoms with Crippen molar-refractivity contribution in [3.8, 4) is 0 Å². The molecule has 0 unspecified atom stereocenters. The molecule has 0 amide bonds. The van der Waals surface area contributed by atoms with E-state index in [1.54, 1.807) is 11.3 Å². The van der Waals surface area contributed by atoms with Gasteiger partial charge in [0.2, 0.25) is 0 Å². The van der Waals surface area contributed by atoms with Crippen LogP contribution in [0, 0.1) is 0 Å². The second kappa shape index (κ2) is 7.01. The highest BCUT2D eigenvalue weighted by Gasteiger charge is 2.28. The van der Waals surface area contributed by atoms with Crippen LogP contribution in [0.3, 0.4) is 0 Å². The van der Waals surface area contributed by atoms with Crippen molar-refractivity contribution in [3.63, 3.8) is 0 Å². The summed E-state index contributed by atoms with van der Waals surface area (Å²) in [6, 6.07) is -0.324. The highest BCUT2D eigenvalue weighted by Crippen LogP contribution is 2.21. The molecule has 0 bridgehead atoms. The maximum atomic E-state index is 11.2. The largest absolute Gasteiger partial charge is 0.480 e. The SMILES string of the molecule is CCCCc1nc(CN2CCCC[C@@H]2C(=O)O)cs1. The molecular weight excluding hydrogens is 260 g/mol. The fourth-order valence-electron chi connectivity index (χ4n) is 2.53. The molecule has 1 N–H and O–H groups in total. The van der Waals surface area contributed by atoms with E-state index in [0.29, 0.717) is 6.54 Å². The first kappa shape index (κ1) is 14.5. The Bertz CT molecular complexity index is 419. The first-order valence-electron chi connectivity index (χ1n) is 7.11. The van der Waals surface area contributed by atoms with Gasteiger partial charge in [-0.15, -0.1) is 11.3 Å². The molecule has 4 nitrogen and oxygen atoms in total. The number of carboxylic acid groups (broad SMARTS) is 1. The predicted molar refractivity (Wildman–Crippen MR) is 76.4 cm³/mol. The lowest BCUT2D eigenvalue weighted by Gasteiger charge is -2.32. The van der Waals surface area contributed by atoms with Gasteiger partial charge in [-0.25, -0.2) is 4.98 Å². The van der Waals surface area contributed by atoms with Crippen LogP contribution in [-0.2, 0) is 17.8 Å². The number of likely N-dealkylation sites (tertiary alicyclic amines) is 1. The van der Waals surface area contributed by atoms with Crippen LogP contribution in [0.2, 0.25) is 0 Å². The number of aryl methyl sites for hydroxylation is 1. The number of rotatable bonds is 6. The first-order chi connectivity index (χ1) is 9.20. The zero-order chi connectivity index (χ0) is 13.7. The topological polar surface area (TPSA) is 53.4 Å². The molecule has 19 heavy (non-hydrogen) atoms. The van der Waals surface area contributed by atoms with Gasteiger partial charge >= 0.3 is 5.97 Å². The minimum absolute atomic E-state index is 0.324. The Morgan fingerprint density at radius 3 is 3.16 bits per heavy atom. The minimum Gasteiger partial charge on any atom is -0.480 e. The summed E-state index contributed by atoms with van der Waals surface area (Å²) < 4.78 is 0. The monoisotopic (exact) mass is 282 g/mol. The number of aliphatic carboxylic acids is 1. The second-order valence-corrected chi connectivity index (χ2v) is 6.10. The highest BCUT2D eigenvalue weighted by atomic mass is 32.1. The molecule has 1 aliphatic rings. The number of carbonyl (C=O) groups is 1. The zero-order valence-electron chi connectivity index (χ0n) is 11.5. The van der Waals surface area contributed by atoms with E-state index in [1.807, 2.05) is 0 Å². The van der Waals surface area contributed by atoms with Crippen molar-refractivity contribution < 1.29 is 9.90 Å². The maximum Gasteiger partial charge on any atom is 0.320 e. The molecule has 1 atom stereocenters. The minimum atomic E-state index is -0.693. The van der Waals surface area contributed by atoms with E-state index in [0.717, 1.165) is 37.9 Å². The summed E-state index contributed by atoms with van der Waals surface area (Å²) in [6.07, 6.45) is 6.28. The Morgan fingerprint density at radius 1 is 1.58 bits per heavy atom. The molecule has 0 spiro atoms. The molecule has 1 aromatic rings. The number of hydrogen-bond donors (Lipinski definition) is 1. The molecule has 0 saturated carbocycles. The Hall–Kier alpha value is -0.940. The number of carboxylic acids is 1. The standard InChI is InChI=1S/C14H22N2O2S/c1-2-3-7-13-15-11(10-19-13)9-16-8-5-4-6-12(16)14(17)18/h10,12H,2-9H2,1H3,(H,17,18)/t12-/m1/s1. The summed E-state index contributed by atoms with van der Waals surface area (Å²) in [4.78, 5) is 17.9. The summed E-state index contributed by atoms with van der Waals surface area (Å²) in [6.45, 7) is 3.73. The average molecular weight is 282 g/mol. The highest BCUT2D eigenvalue weighted by molar-refractivity contribution is 7.09. The number of thiazole rings is 1. The molecular formula is C14H22N2O2S. The molecule has 0 radical (unpaired) electrons. The van der Waals surface area contributed by atoms with Gasteiger partial charge in [-0.05, 0) is 32.2 Å². The van der Waals surface area contributed by atoms with Gasteiger partial charge in [0, 0.05) is 11.9 Å². The maximum absolute atomic E-state index is 11.2. The third-order valence-corrected chi connectivity index (χ3v) is 4.56. The quantitative estimate of drug-likeness (QED) is 0.871. The van der Waals surface area contributed by atoms with Crippen molar-refractivity contribution in [1.29, 1.82) is 0 Å². The number of hydrogen-bond acceptors (Lipinski definition) is 4. The van der Waals surface area contributed by atoms with E-state index >= 15 is 0 Å². The van der Waals surface area contributed by atoms with Crippen LogP contribution in [-0.4, -0.2) is 33.5 Å². The fourth-order valence-corrected chi connectivity index (χ4v) is 3.36. The van der Waals surface area contributed by atoms with Crippen LogP contribution in [0.1, 0.15) is 49.7 Å². The molecule has 1 aliphatic heterocycles. The lowest BCUT2D eigenvalue weighted by molar-refractivity contribution is -0.144. The molecule has 2 heterocycles. The van der Waals surface area contributed by atoms with Crippen molar-refractivity contribution >= 4 is 17.3 Å². The normalized spacial score (nSPS) is 20.6. The van der Waals surface area contributed by atoms with E-state index in [2.05, 4.69) is 22.2 Å².